The van der Waals surface area contributed by atoms with Crippen LogP contribution in [0.25, 0.3) is 0 Å². The summed E-state index contributed by atoms with van der Waals surface area (Å²) in [6.45, 7) is 8.31. The zero-order valence-electron chi connectivity index (χ0n) is 12.1. The molecule has 7 nitrogen and oxygen atoms in total. The summed E-state index contributed by atoms with van der Waals surface area (Å²) in [7, 11) is 1.89. The van der Waals surface area contributed by atoms with E-state index in [1.165, 1.54) is 11.8 Å². The standard InChI is InChI=1S/C12H21N5O2S/c1-4-16-5-6-17(7-9(16)2)11-13-14-12(15(11)3)20-8-10(18)19/h9H,4-8H2,1-3H3,(H,18,19). The summed E-state index contributed by atoms with van der Waals surface area (Å²) in [5.41, 5.74) is 0. The van der Waals surface area contributed by atoms with Gasteiger partial charge in [-0.2, -0.15) is 0 Å². The lowest BCUT2D eigenvalue weighted by Gasteiger charge is -2.39. The Bertz CT molecular complexity index is 478. The highest BCUT2D eigenvalue weighted by atomic mass is 32.2. The molecule has 0 amide bonds. The van der Waals surface area contributed by atoms with Crippen LogP contribution < -0.4 is 4.90 Å². The van der Waals surface area contributed by atoms with Crippen molar-refractivity contribution in [2.24, 2.45) is 7.05 Å². The fraction of sp³-hybridized carbons (Fsp3) is 0.750. The van der Waals surface area contributed by atoms with Crippen molar-refractivity contribution in [1.82, 2.24) is 19.7 Å². The predicted molar refractivity (Wildman–Crippen MR) is 78.3 cm³/mol. The molecule has 1 aromatic rings. The Hall–Kier alpha value is -1.28. The van der Waals surface area contributed by atoms with Gasteiger partial charge in [0.05, 0.1) is 5.75 Å². The van der Waals surface area contributed by atoms with Crippen LogP contribution in [0.4, 0.5) is 5.95 Å². The molecule has 1 aromatic heterocycles. The lowest BCUT2D eigenvalue weighted by Crippen LogP contribution is -2.52. The van der Waals surface area contributed by atoms with Crippen LogP contribution in [0.2, 0.25) is 0 Å². The van der Waals surface area contributed by atoms with Gasteiger partial charge in [-0.15, -0.1) is 10.2 Å². The fourth-order valence-electron chi connectivity index (χ4n) is 2.48. The molecule has 0 bridgehead atoms. The van der Waals surface area contributed by atoms with Crippen molar-refractivity contribution in [3.63, 3.8) is 0 Å². The second-order valence-electron chi connectivity index (χ2n) is 4.95. The van der Waals surface area contributed by atoms with E-state index in [1.807, 2.05) is 11.6 Å². The lowest BCUT2D eigenvalue weighted by atomic mass is 10.2. The summed E-state index contributed by atoms with van der Waals surface area (Å²) in [4.78, 5) is 15.3. The molecule has 1 fully saturated rings. The first-order valence-corrected chi connectivity index (χ1v) is 7.74. The smallest absolute Gasteiger partial charge is 0.313 e. The molecule has 0 spiro atoms. The van der Waals surface area contributed by atoms with Gasteiger partial charge in [0.2, 0.25) is 5.95 Å². The number of aliphatic carboxylic acids is 1. The molecule has 1 aliphatic rings. The number of carboxylic acid groups (broad SMARTS) is 1. The van der Waals surface area contributed by atoms with Crippen molar-refractivity contribution in [3.05, 3.63) is 0 Å². The number of carboxylic acids is 1. The Morgan fingerprint density at radius 3 is 2.80 bits per heavy atom. The van der Waals surface area contributed by atoms with E-state index in [4.69, 9.17) is 5.11 Å². The number of nitrogens with zero attached hydrogens (tertiary/aromatic N) is 5. The highest BCUT2D eigenvalue weighted by molar-refractivity contribution is 7.99. The number of likely N-dealkylation sites (N-methyl/N-ethyl adjacent to an activating group) is 1. The lowest BCUT2D eigenvalue weighted by molar-refractivity contribution is -0.133. The van der Waals surface area contributed by atoms with E-state index in [-0.39, 0.29) is 5.75 Å². The third-order valence-corrected chi connectivity index (χ3v) is 4.60. The van der Waals surface area contributed by atoms with Crippen LogP contribution in [-0.4, -0.2) is 68.7 Å². The Balaban J connectivity index is 2.04. The van der Waals surface area contributed by atoms with Crippen LogP contribution in [0, 0.1) is 0 Å². The van der Waals surface area contributed by atoms with Crippen LogP contribution in [0.5, 0.6) is 0 Å². The molecule has 2 rings (SSSR count). The molecule has 1 atom stereocenters. The SMILES string of the molecule is CCN1CCN(c2nnc(SCC(=O)O)n2C)CC1C. The highest BCUT2D eigenvalue weighted by Gasteiger charge is 2.25. The Kier molecular flexibility index (Phi) is 4.87. The summed E-state index contributed by atoms with van der Waals surface area (Å²) in [6.07, 6.45) is 0. The number of thioether (sulfide) groups is 1. The van der Waals surface area contributed by atoms with Crippen molar-refractivity contribution < 1.29 is 9.90 Å². The average molecular weight is 299 g/mol. The van der Waals surface area contributed by atoms with Crippen molar-refractivity contribution in [1.29, 1.82) is 0 Å². The van der Waals surface area contributed by atoms with E-state index in [0.717, 1.165) is 32.1 Å². The molecule has 0 saturated carbocycles. The topological polar surface area (TPSA) is 74.5 Å². The number of hydrogen-bond donors (Lipinski definition) is 1. The Labute approximate surface area is 123 Å². The molecule has 0 aliphatic carbocycles. The zero-order valence-corrected chi connectivity index (χ0v) is 12.9. The number of hydrogen-bond acceptors (Lipinski definition) is 6. The fourth-order valence-corrected chi connectivity index (χ4v) is 3.11. The van der Waals surface area contributed by atoms with Crippen LogP contribution in [-0.2, 0) is 11.8 Å². The molecular weight excluding hydrogens is 278 g/mol. The average Bonchev–Trinajstić information content (AvgIpc) is 2.77. The van der Waals surface area contributed by atoms with Gasteiger partial charge in [0, 0.05) is 32.7 Å². The predicted octanol–water partition coefficient (Wildman–Crippen LogP) is 0.522. The normalized spacial score (nSPS) is 20.4. The van der Waals surface area contributed by atoms with Crippen LogP contribution >= 0.6 is 11.8 Å². The maximum Gasteiger partial charge on any atom is 0.313 e. The molecule has 0 aromatic carbocycles. The van der Waals surface area contributed by atoms with Gasteiger partial charge in [-0.3, -0.25) is 14.3 Å². The quantitative estimate of drug-likeness (QED) is 0.795. The van der Waals surface area contributed by atoms with Gasteiger partial charge < -0.3 is 10.0 Å². The van der Waals surface area contributed by atoms with E-state index < -0.39 is 5.97 Å². The minimum atomic E-state index is -0.843. The molecule has 0 radical (unpaired) electrons. The van der Waals surface area contributed by atoms with E-state index in [9.17, 15) is 4.79 Å². The van der Waals surface area contributed by atoms with E-state index in [2.05, 4.69) is 33.8 Å². The van der Waals surface area contributed by atoms with Crippen molar-refractivity contribution in [2.45, 2.75) is 25.0 Å². The summed E-state index contributed by atoms with van der Waals surface area (Å²) < 4.78 is 1.88. The van der Waals surface area contributed by atoms with Gasteiger partial charge in [-0.25, -0.2) is 0 Å². The molecule has 1 saturated heterocycles. The highest BCUT2D eigenvalue weighted by Crippen LogP contribution is 2.22. The maximum atomic E-state index is 10.6. The molecule has 1 N–H and O–H groups in total. The van der Waals surface area contributed by atoms with Gasteiger partial charge in [0.1, 0.15) is 0 Å². The van der Waals surface area contributed by atoms with Crippen LogP contribution in [0.1, 0.15) is 13.8 Å². The monoisotopic (exact) mass is 299 g/mol. The van der Waals surface area contributed by atoms with Gasteiger partial charge in [-0.05, 0) is 13.5 Å². The molecule has 20 heavy (non-hydrogen) atoms. The minimum Gasteiger partial charge on any atom is -0.481 e. The molecule has 2 heterocycles. The van der Waals surface area contributed by atoms with Gasteiger partial charge in [0.15, 0.2) is 5.16 Å². The molecule has 1 aliphatic heterocycles. The van der Waals surface area contributed by atoms with Crippen molar-refractivity contribution in [3.8, 4) is 0 Å². The zero-order chi connectivity index (χ0) is 14.7. The maximum absolute atomic E-state index is 10.6. The largest absolute Gasteiger partial charge is 0.481 e. The number of carbonyl (C=O) groups is 1. The van der Waals surface area contributed by atoms with E-state index in [0.29, 0.717) is 11.2 Å². The summed E-state index contributed by atoms with van der Waals surface area (Å²) in [5.74, 6) is -0.0170. The van der Waals surface area contributed by atoms with Gasteiger partial charge in [0.25, 0.3) is 0 Å². The number of rotatable bonds is 5. The number of aromatic nitrogens is 3. The van der Waals surface area contributed by atoms with E-state index in [1.54, 1.807) is 0 Å². The third-order valence-electron chi connectivity index (χ3n) is 3.59. The molecule has 8 heteroatoms. The summed E-state index contributed by atoms with van der Waals surface area (Å²) >= 11 is 1.20. The first-order valence-electron chi connectivity index (χ1n) is 6.76. The second-order valence-corrected chi connectivity index (χ2v) is 5.89. The molecule has 1 unspecified atom stereocenters. The number of anilines is 1. The first-order chi connectivity index (χ1) is 9.52. The summed E-state index contributed by atoms with van der Waals surface area (Å²) in [5, 5.41) is 17.7. The number of piperazine rings is 1. The van der Waals surface area contributed by atoms with Crippen LogP contribution in [0.3, 0.4) is 0 Å². The minimum absolute atomic E-state index is 0.00594. The third kappa shape index (κ3) is 3.24. The Morgan fingerprint density at radius 2 is 2.20 bits per heavy atom. The van der Waals surface area contributed by atoms with Gasteiger partial charge in [-0.1, -0.05) is 18.7 Å². The first kappa shape index (κ1) is 15.1. The van der Waals surface area contributed by atoms with Crippen LogP contribution in [0.15, 0.2) is 5.16 Å². The van der Waals surface area contributed by atoms with Crippen molar-refractivity contribution >= 4 is 23.7 Å². The Morgan fingerprint density at radius 1 is 1.45 bits per heavy atom. The van der Waals surface area contributed by atoms with Gasteiger partial charge >= 0.3 is 5.97 Å². The second kappa shape index (κ2) is 6.45. The van der Waals surface area contributed by atoms with Crippen molar-refractivity contribution in [2.75, 3.05) is 36.8 Å². The van der Waals surface area contributed by atoms with E-state index >= 15 is 0 Å². The molecule has 112 valence electrons. The molecular formula is C12H21N5O2S. The summed E-state index contributed by atoms with van der Waals surface area (Å²) in [6, 6.07) is 0.487.